The standard InChI is InChI=1S/C40H32OP.BrH/c1-41-38-28-27-31-16-12-14-24-37(31)40(38)39-32(26-25-30-15-11-13-23-36(30)39)29-42(33-17-5-2-6-18-33,34-19-7-3-8-20-34)35-21-9-4-10-22-35;/h2-28H,29H2,1H3;1H/q+1;/p-1. The molecule has 0 aliphatic heterocycles. The monoisotopic (exact) mass is 638 g/mol. The van der Waals surface area contributed by atoms with Crippen molar-refractivity contribution in [3.63, 3.8) is 0 Å². The van der Waals surface area contributed by atoms with Gasteiger partial charge in [0.25, 0.3) is 0 Å². The summed E-state index contributed by atoms with van der Waals surface area (Å²) in [6.45, 7) is 0. The van der Waals surface area contributed by atoms with Gasteiger partial charge >= 0.3 is 0 Å². The summed E-state index contributed by atoms with van der Waals surface area (Å²) in [6, 6.07) is 59.8. The first-order valence-corrected chi connectivity index (χ1v) is 16.4. The molecule has 0 aliphatic rings. The molecule has 0 radical (unpaired) electrons. The first-order valence-electron chi connectivity index (χ1n) is 14.4. The van der Waals surface area contributed by atoms with Gasteiger partial charge in [-0.25, -0.2) is 0 Å². The van der Waals surface area contributed by atoms with E-state index in [-0.39, 0.29) is 17.0 Å². The molecule has 0 fully saturated rings. The number of methoxy groups -OCH3 is 1. The van der Waals surface area contributed by atoms with E-state index in [2.05, 4.69) is 164 Å². The van der Waals surface area contributed by atoms with E-state index < -0.39 is 7.26 Å². The van der Waals surface area contributed by atoms with Crippen LogP contribution in [0.2, 0.25) is 0 Å². The molecule has 0 amide bonds. The summed E-state index contributed by atoms with van der Waals surface area (Å²) >= 11 is 0. The lowest BCUT2D eigenvalue weighted by Crippen LogP contribution is -3.00. The Bertz CT molecular complexity index is 1890. The summed E-state index contributed by atoms with van der Waals surface area (Å²) in [4.78, 5) is 0. The maximum atomic E-state index is 6.10. The third kappa shape index (κ3) is 5.16. The van der Waals surface area contributed by atoms with Crippen LogP contribution in [0.1, 0.15) is 5.56 Å². The van der Waals surface area contributed by atoms with Gasteiger partial charge in [-0.2, -0.15) is 0 Å². The van der Waals surface area contributed by atoms with Gasteiger partial charge in [0.1, 0.15) is 28.9 Å². The van der Waals surface area contributed by atoms with Crippen molar-refractivity contribution >= 4 is 44.7 Å². The van der Waals surface area contributed by atoms with E-state index in [9.17, 15) is 0 Å². The second-order valence-corrected chi connectivity index (χ2v) is 14.1. The first-order chi connectivity index (χ1) is 20.8. The van der Waals surface area contributed by atoms with Crippen LogP contribution in [0.15, 0.2) is 164 Å². The minimum absolute atomic E-state index is 0. The normalized spacial score (nSPS) is 11.3. The molecule has 43 heavy (non-hydrogen) atoms. The van der Waals surface area contributed by atoms with Crippen molar-refractivity contribution in [1.29, 1.82) is 0 Å². The molecule has 0 unspecified atom stereocenters. The van der Waals surface area contributed by atoms with Crippen LogP contribution in [0.25, 0.3) is 32.7 Å². The Hall–Kier alpha value is -4.23. The van der Waals surface area contributed by atoms with Crippen molar-refractivity contribution in [3.8, 4) is 16.9 Å². The Morgan fingerprint density at radius 2 is 0.860 bits per heavy atom. The first kappa shape index (κ1) is 28.9. The van der Waals surface area contributed by atoms with Gasteiger partial charge in [-0.1, -0.05) is 121 Å². The van der Waals surface area contributed by atoms with Gasteiger partial charge in [0, 0.05) is 11.1 Å². The van der Waals surface area contributed by atoms with E-state index in [1.54, 1.807) is 7.11 Å². The minimum atomic E-state index is -2.13. The van der Waals surface area contributed by atoms with E-state index in [1.165, 1.54) is 48.6 Å². The Morgan fingerprint density at radius 1 is 0.442 bits per heavy atom. The minimum Gasteiger partial charge on any atom is -1.00 e. The Labute approximate surface area is 264 Å². The lowest BCUT2D eigenvalue weighted by atomic mass is 9.90. The number of hydrogen-bond acceptors (Lipinski definition) is 1. The molecule has 0 atom stereocenters. The van der Waals surface area contributed by atoms with Crippen LogP contribution in [0.3, 0.4) is 0 Å². The van der Waals surface area contributed by atoms with Crippen LogP contribution >= 0.6 is 7.26 Å². The van der Waals surface area contributed by atoms with Crippen molar-refractivity contribution in [2.45, 2.75) is 6.16 Å². The molecule has 0 aromatic heterocycles. The third-order valence-electron chi connectivity index (χ3n) is 8.37. The largest absolute Gasteiger partial charge is 1.00 e. The fourth-order valence-corrected chi connectivity index (χ4v) is 10.7. The quantitative estimate of drug-likeness (QED) is 0.190. The Kier molecular flexibility index (Phi) is 8.43. The van der Waals surface area contributed by atoms with E-state index in [0.717, 1.165) is 17.5 Å². The molecule has 7 aromatic carbocycles. The van der Waals surface area contributed by atoms with Crippen molar-refractivity contribution in [1.82, 2.24) is 0 Å². The highest BCUT2D eigenvalue weighted by Crippen LogP contribution is 2.59. The molecule has 7 aromatic rings. The topological polar surface area (TPSA) is 9.23 Å². The fraction of sp³-hybridized carbons (Fsp3) is 0.0500. The molecular weight excluding hydrogens is 607 g/mol. The van der Waals surface area contributed by atoms with Gasteiger partial charge in [0.2, 0.25) is 0 Å². The highest BCUT2D eigenvalue weighted by atomic mass is 79.9. The summed E-state index contributed by atoms with van der Waals surface area (Å²) in [7, 11) is -0.340. The summed E-state index contributed by atoms with van der Waals surface area (Å²) in [6.07, 6.45) is 0.886. The lowest BCUT2D eigenvalue weighted by Gasteiger charge is -2.29. The number of benzene rings is 7. The van der Waals surface area contributed by atoms with Gasteiger partial charge < -0.3 is 21.7 Å². The van der Waals surface area contributed by atoms with Crippen molar-refractivity contribution in [3.05, 3.63) is 169 Å². The zero-order valence-electron chi connectivity index (χ0n) is 24.0. The van der Waals surface area contributed by atoms with Crippen molar-refractivity contribution in [2.24, 2.45) is 0 Å². The second kappa shape index (κ2) is 12.6. The highest BCUT2D eigenvalue weighted by Gasteiger charge is 2.46. The molecule has 1 nitrogen and oxygen atoms in total. The molecule has 3 heteroatoms. The van der Waals surface area contributed by atoms with Gasteiger partial charge in [0.15, 0.2) is 0 Å². The molecule has 0 bridgehead atoms. The van der Waals surface area contributed by atoms with Crippen LogP contribution < -0.4 is 37.6 Å². The molecular formula is C40H32BrOP. The predicted molar refractivity (Wildman–Crippen MR) is 182 cm³/mol. The SMILES string of the molecule is COc1ccc2ccccc2c1-c1c(C[P+](c2ccccc2)(c2ccccc2)c2ccccc2)ccc2ccccc12.[Br-]. The molecule has 0 saturated heterocycles. The van der Waals surface area contributed by atoms with E-state index in [4.69, 9.17) is 4.74 Å². The van der Waals surface area contributed by atoms with Crippen LogP contribution in [-0.2, 0) is 6.16 Å². The highest BCUT2D eigenvalue weighted by molar-refractivity contribution is 7.95. The maximum Gasteiger partial charge on any atom is 0.127 e. The number of rotatable bonds is 7. The van der Waals surface area contributed by atoms with Gasteiger partial charge in [0.05, 0.1) is 13.3 Å². The Balaban J connectivity index is 0.00000329. The average Bonchev–Trinajstić information content (AvgIpc) is 3.08. The molecule has 210 valence electrons. The van der Waals surface area contributed by atoms with E-state index in [0.29, 0.717) is 0 Å². The molecule has 7 rings (SSSR count). The second-order valence-electron chi connectivity index (χ2n) is 10.7. The van der Waals surface area contributed by atoms with Gasteiger partial charge in [-0.3, -0.25) is 0 Å². The molecule has 0 saturated carbocycles. The van der Waals surface area contributed by atoms with E-state index in [1.807, 2.05) is 0 Å². The van der Waals surface area contributed by atoms with Crippen molar-refractivity contribution in [2.75, 3.05) is 7.11 Å². The van der Waals surface area contributed by atoms with Crippen LogP contribution in [-0.4, -0.2) is 7.11 Å². The van der Waals surface area contributed by atoms with Crippen LogP contribution in [0.4, 0.5) is 0 Å². The average molecular weight is 640 g/mol. The van der Waals surface area contributed by atoms with Gasteiger partial charge in [-0.05, 0) is 69.6 Å². The summed E-state index contributed by atoms with van der Waals surface area (Å²) in [5, 5.41) is 9.04. The van der Waals surface area contributed by atoms with Crippen LogP contribution in [0, 0.1) is 0 Å². The number of hydrogen-bond donors (Lipinski definition) is 0. The molecule has 0 aliphatic carbocycles. The summed E-state index contributed by atoms with van der Waals surface area (Å²) in [5.41, 5.74) is 3.75. The number of halogens is 1. The zero-order chi connectivity index (χ0) is 28.4. The maximum absolute atomic E-state index is 6.10. The molecule has 0 N–H and O–H groups in total. The molecule has 0 heterocycles. The van der Waals surface area contributed by atoms with Gasteiger partial charge in [-0.15, -0.1) is 0 Å². The van der Waals surface area contributed by atoms with E-state index >= 15 is 0 Å². The summed E-state index contributed by atoms with van der Waals surface area (Å²) in [5.74, 6) is 0.898. The zero-order valence-corrected chi connectivity index (χ0v) is 26.5. The predicted octanol–water partition coefficient (Wildman–Crippen LogP) is 6.17. The molecule has 0 spiro atoms. The number of fused-ring (bicyclic) bond motifs is 2. The Morgan fingerprint density at radius 3 is 1.35 bits per heavy atom. The third-order valence-corrected chi connectivity index (χ3v) is 12.7. The fourth-order valence-electron chi connectivity index (χ4n) is 6.45. The van der Waals surface area contributed by atoms with Crippen molar-refractivity contribution < 1.29 is 21.7 Å². The van der Waals surface area contributed by atoms with Crippen LogP contribution in [0.5, 0.6) is 5.75 Å². The summed E-state index contributed by atoms with van der Waals surface area (Å²) < 4.78 is 6.10. The lowest BCUT2D eigenvalue weighted by molar-refractivity contribution is -0.00000823. The number of ether oxygens (including phenoxy) is 1. The smallest absolute Gasteiger partial charge is 0.127 e.